The maximum Gasteiger partial charge on any atom is 0.220 e. The third kappa shape index (κ3) is 3.39. The minimum absolute atomic E-state index is 0. The van der Waals surface area contributed by atoms with Gasteiger partial charge in [-0.15, -0.1) is 12.4 Å². The topological polar surface area (TPSA) is 108 Å². The third-order valence-corrected chi connectivity index (χ3v) is 5.76. The number of nitrogens with zero attached hydrogens (tertiary/aromatic N) is 4. The molecule has 8 heteroatoms. The molecule has 3 N–H and O–H groups in total. The SMILES string of the molecule is Cc1c(CCO)c(N2CCC(C(N)=O)CC2)n2c(nc3ccccc32)c1C#N.Cl. The van der Waals surface area contributed by atoms with Crippen molar-refractivity contribution >= 4 is 40.8 Å². The van der Waals surface area contributed by atoms with Crippen molar-refractivity contribution in [2.45, 2.75) is 26.2 Å². The van der Waals surface area contributed by atoms with Crippen LogP contribution in [-0.4, -0.2) is 40.1 Å². The van der Waals surface area contributed by atoms with Gasteiger partial charge in [-0.25, -0.2) is 4.98 Å². The predicted molar refractivity (Wildman–Crippen MR) is 114 cm³/mol. The third-order valence-electron chi connectivity index (χ3n) is 5.76. The number of hydrogen-bond donors (Lipinski definition) is 2. The summed E-state index contributed by atoms with van der Waals surface area (Å²) in [6.45, 7) is 3.30. The van der Waals surface area contributed by atoms with E-state index in [4.69, 9.17) is 10.7 Å². The average Bonchev–Trinajstić information content (AvgIpc) is 3.08. The molecule has 29 heavy (non-hydrogen) atoms. The summed E-state index contributed by atoms with van der Waals surface area (Å²) in [4.78, 5) is 18.5. The number of imidazole rings is 1. The maximum absolute atomic E-state index is 11.6. The average molecular weight is 414 g/mol. The number of anilines is 1. The number of pyridine rings is 1. The highest BCUT2D eigenvalue weighted by Crippen LogP contribution is 2.35. The van der Waals surface area contributed by atoms with Crippen LogP contribution in [0.2, 0.25) is 0 Å². The van der Waals surface area contributed by atoms with E-state index in [0.717, 1.165) is 28.0 Å². The largest absolute Gasteiger partial charge is 0.396 e. The number of carbonyl (C=O) groups excluding carboxylic acids is 1. The monoisotopic (exact) mass is 413 g/mol. The number of amides is 1. The molecule has 1 fully saturated rings. The zero-order valence-electron chi connectivity index (χ0n) is 16.3. The first-order valence-electron chi connectivity index (χ1n) is 9.54. The van der Waals surface area contributed by atoms with E-state index >= 15 is 0 Å². The molecule has 0 aliphatic carbocycles. The smallest absolute Gasteiger partial charge is 0.220 e. The van der Waals surface area contributed by atoms with Crippen LogP contribution in [0.15, 0.2) is 24.3 Å². The van der Waals surface area contributed by atoms with E-state index in [9.17, 15) is 15.2 Å². The summed E-state index contributed by atoms with van der Waals surface area (Å²) in [6, 6.07) is 10.1. The van der Waals surface area contributed by atoms with E-state index in [0.29, 0.717) is 43.6 Å². The van der Waals surface area contributed by atoms with E-state index in [2.05, 4.69) is 11.0 Å². The molecule has 0 saturated carbocycles. The fourth-order valence-electron chi connectivity index (χ4n) is 4.28. The minimum atomic E-state index is -0.246. The first kappa shape index (κ1) is 20.9. The summed E-state index contributed by atoms with van der Waals surface area (Å²) in [7, 11) is 0. The fraction of sp³-hybridized carbons (Fsp3) is 0.381. The number of carbonyl (C=O) groups is 1. The van der Waals surface area contributed by atoms with Gasteiger partial charge in [-0.1, -0.05) is 12.1 Å². The van der Waals surface area contributed by atoms with E-state index in [1.54, 1.807) is 0 Å². The summed E-state index contributed by atoms with van der Waals surface area (Å²) in [5, 5.41) is 19.5. The molecule has 0 radical (unpaired) electrons. The molecule has 0 unspecified atom stereocenters. The predicted octanol–water partition coefficient (Wildman–Crippen LogP) is 2.33. The number of hydrogen-bond acceptors (Lipinski definition) is 5. The number of benzene rings is 1. The maximum atomic E-state index is 11.6. The number of halogens is 1. The lowest BCUT2D eigenvalue weighted by molar-refractivity contribution is -0.122. The molecule has 1 amide bonds. The quantitative estimate of drug-likeness (QED) is 0.682. The number of nitriles is 1. The number of fused-ring (bicyclic) bond motifs is 3. The number of rotatable bonds is 4. The van der Waals surface area contributed by atoms with Crippen LogP contribution in [0, 0.1) is 24.2 Å². The van der Waals surface area contributed by atoms with Gasteiger partial charge in [0.2, 0.25) is 5.91 Å². The van der Waals surface area contributed by atoms with Crippen LogP contribution < -0.4 is 10.6 Å². The van der Waals surface area contributed by atoms with Crippen molar-refractivity contribution in [3.63, 3.8) is 0 Å². The Hall–Kier alpha value is -2.82. The minimum Gasteiger partial charge on any atom is -0.396 e. The Balaban J connectivity index is 0.00000240. The first-order chi connectivity index (χ1) is 13.6. The summed E-state index contributed by atoms with van der Waals surface area (Å²) < 4.78 is 2.04. The molecular formula is C21H24ClN5O2. The van der Waals surface area contributed by atoms with Crippen molar-refractivity contribution in [2.24, 2.45) is 11.7 Å². The molecule has 7 nitrogen and oxygen atoms in total. The van der Waals surface area contributed by atoms with Gasteiger partial charge in [0.1, 0.15) is 11.9 Å². The van der Waals surface area contributed by atoms with Crippen molar-refractivity contribution in [1.29, 1.82) is 5.26 Å². The second kappa shape index (κ2) is 8.27. The lowest BCUT2D eigenvalue weighted by atomic mass is 9.95. The Kier molecular flexibility index (Phi) is 5.96. The highest BCUT2D eigenvalue weighted by Gasteiger charge is 2.28. The van der Waals surface area contributed by atoms with Gasteiger partial charge in [0.25, 0.3) is 0 Å². The van der Waals surface area contributed by atoms with Gasteiger partial charge in [-0.05, 0) is 49.4 Å². The number of piperidine rings is 1. The zero-order chi connectivity index (χ0) is 19.8. The van der Waals surface area contributed by atoms with Gasteiger partial charge in [-0.2, -0.15) is 5.26 Å². The van der Waals surface area contributed by atoms with Gasteiger partial charge in [0.05, 0.1) is 16.6 Å². The van der Waals surface area contributed by atoms with Crippen molar-refractivity contribution in [3.8, 4) is 6.07 Å². The van der Waals surface area contributed by atoms with Crippen LogP contribution in [0.25, 0.3) is 16.7 Å². The number of nitrogens with two attached hydrogens (primary N) is 1. The standard InChI is InChI=1S/C21H23N5O2.ClH/c1-13-15(8-11-27)21(25-9-6-14(7-10-25)19(23)28)26-18-5-3-2-4-17(18)24-20(26)16(13)12-22;/h2-5,14,27H,6-11H2,1H3,(H2,23,28);1H. The molecule has 3 aromatic rings. The van der Waals surface area contributed by atoms with E-state index in [-0.39, 0.29) is 30.8 Å². The molecule has 0 spiro atoms. The molecule has 1 aliphatic rings. The Morgan fingerprint density at radius 3 is 2.66 bits per heavy atom. The van der Waals surface area contributed by atoms with Crippen LogP contribution in [0.1, 0.15) is 29.5 Å². The van der Waals surface area contributed by atoms with Crippen molar-refractivity contribution in [2.75, 3.05) is 24.6 Å². The highest BCUT2D eigenvalue weighted by atomic mass is 35.5. The number of para-hydroxylation sites is 2. The van der Waals surface area contributed by atoms with Crippen LogP contribution in [0.3, 0.4) is 0 Å². The Morgan fingerprint density at radius 1 is 1.34 bits per heavy atom. The molecule has 4 rings (SSSR count). The van der Waals surface area contributed by atoms with Crippen molar-refractivity contribution in [3.05, 3.63) is 41.0 Å². The lowest BCUT2D eigenvalue weighted by Crippen LogP contribution is -2.40. The Bertz CT molecular complexity index is 1110. The van der Waals surface area contributed by atoms with Crippen LogP contribution in [0.4, 0.5) is 5.82 Å². The molecule has 0 atom stereocenters. The molecule has 1 aromatic carbocycles. The fourth-order valence-corrected chi connectivity index (χ4v) is 4.28. The molecule has 1 saturated heterocycles. The Morgan fingerprint density at radius 2 is 2.03 bits per heavy atom. The zero-order valence-corrected chi connectivity index (χ0v) is 17.1. The first-order valence-corrected chi connectivity index (χ1v) is 9.54. The molecule has 1 aliphatic heterocycles. The van der Waals surface area contributed by atoms with E-state index < -0.39 is 0 Å². The second-order valence-corrected chi connectivity index (χ2v) is 7.31. The number of primary amides is 1. The van der Waals surface area contributed by atoms with Gasteiger partial charge in [-0.3, -0.25) is 9.20 Å². The summed E-state index contributed by atoms with van der Waals surface area (Å²) in [5.41, 5.74) is 10.2. The molecular weight excluding hydrogens is 390 g/mol. The molecule has 2 aromatic heterocycles. The highest BCUT2D eigenvalue weighted by molar-refractivity contribution is 5.86. The van der Waals surface area contributed by atoms with Crippen LogP contribution >= 0.6 is 12.4 Å². The second-order valence-electron chi connectivity index (χ2n) is 7.31. The molecule has 3 heterocycles. The van der Waals surface area contributed by atoms with E-state index in [1.807, 2.05) is 35.6 Å². The van der Waals surface area contributed by atoms with Crippen LogP contribution in [0.5, 0.6) is 0 Å². The summed E-state index contributed by atoms with van der Waals surface area (Å²) >= 11 is 0. The Labute approximate surface area is 175 Å². The van der Waals surface area contributed by atoms with E-state index in [1.165, 1.54) is 0 Å². The number of aliphatic hydroxyl groups excluding tert-OH is 1. The van der Waals surface area contributed by atoms with Gasteiger partial charge in [0, 0.05) is 25.6 Å². The summed E-state index contributed by atoms with van der Waals surface area (Å²) in [5.74, 6) is 0.605. The molecule has 0 bridgehead atoms. The van der Waals surface area contributed by atoms with Crippen molar-refractivity contribution in [1.82, 2.24) is 9.38 Å². The lowest BCUT2D eigenvalue weighted by Gasteiger charge is -2.35. The van der Waals surface area contributed by atoms with Gasteiger partial charge >= 0.3 is 0 Å². The van der Waals surface area contributed by atoms with Crippen LogP contribution in [-0.2, 0) is 11.2 Å². The number of aromatic nitrogens is 2. The van der Waals surface area contributed by atoms with Crippen molar-refractivity contribution < 1.29 is 9.90 Å². The summed E-state index contributed by atoms with van der Waals surface area (Å²) in [6.07, 6.45) is 1.84. The molecule has 152 valence electrons. The van der Waals surface area contributed by atoms with Gasteiger partial charge in [0.15, 0.2) is 5.65 Å². The van der Waals surface area contributed by atoms with Gasteiger partial charge < -0.3 is 15.7 Å². The normalized spacial score (nSPS) is 14.7. The number of aliphatic hydroxyl groups is 1.